The lowest BCUT2D eigenvalue weighted by atomic mass is 10.0. The normalized spacial score (nSPS) is 20.5. The van der Waals surface area contributed by atoms with E-state index in [-0.39, 0.29) is 17.8 Å². The molecule has 2 aliphatic heterocycles. The van der Waals surface area contributed by atoms with Crippen LogP contribution in [-0.4, -0.2) is 46.8 Å². The number of piperidine rings is 1. The molecule has 146 valence electrons. The number of hydrogen-bond donors (Lipinski definition) is 1. The summed E-state index contributed by atoms with van der Waals surface area (Å²) >= 11 is 0. The van der Waals surface area contributed by atoms with Gasteiger partial charge in [-0.25, -0.2) is 4.79 Å². The Kier molecular flexibility index (Phi) is 4.36. The maximum absolute atomic E-state index is 12.5. The number of fused-ring (bicyclic) bond motifs is 2. The Morgan fingerprint density at radius 2 is 1.89 bits per heavy atom. The second kappa shape index (κ2) is 7.02. The predicted octanol–water partition coefficient (Wildman–Crippen LogP) is 3.11. The molecule has 1 N–H and O–H groups in total. The summed E-state index contributed by atoms with van der Waals surface area (Å²) in [5.41, 5.74) is 3.11. The number of likely N-dealkylation sites (tertiary alicyclic amines) is 1. The molecule has 0 amide bonds. The van der Waals surface area contributed by atoms with Gasteiger partial charge in [-0.1, -0.05) is 18.2 Å². The number of aryl methyl sites for hydroxylation is 1. The van der Waals surface area contributed by atoms with E-state index in [4.69, 9.17) is 9.47 Å². The molecule has 28 heavy (non-hydrogen) atoms. The molecule has 1 saturated heterocycles. The van der Waals surface area contributed by atoms with Crippen LogP contribution in [0.4, 0.5) is 0 Å². The van der Waals surface area contributed by atoms with Crippen molar-refractivity contribution in [2.24, 2.45) is 0 Å². The van der Waals surface area contributed by atoms with E-state index in [2.05, 4.69) is 22.9 Å². The van der Waals surface area contributed by atoms with Gasteiger partial charge in [-0.3, -0.25) is 9.47 Å². The van der Waals surface area contributed by atoms with Gasteiger partial charge in [0.2, 0.25) is 0 Å². The molecule has 6 heteroatoms. The standard InChI is InChI=1S/C22H25N3O3/c1-15-6-7-18-19(12-15)25(22(26)23-18)16-8-10-24(11-9-16)13-17-14-27-20-4-2-3-5-21(20)28-17/h2-7,12,16-17H,8-11,13-14H2,1H3,(H,23,26). The molecule has 0 radical (unpaired) electrons. The third kappa shape index (κ3) is 3.18. The molecule has 3 aromatic rings. The summed E-state index contributed by atoms with van der Waals surface area (Å²) in [5.74, 6) is 1.65. The van der Waals surface area contributed by atoms with Crippen LogP contribution in [0.25, 0.3) is 11.0 Å². The summed E-state index contributed by atoms with van der Waals surface area (Å²) in [6.07, 6.45) is 1.97. The fourth-order valence-corrected chi connectivity index (χ4v) is 4.40. The third-order valence-corrected chi connectivity index (χ3v) is 5.82. The van der Waals surface area contributed by atoms with Crippen LogP contribution in [0.3, 0.4) is 0 Å². The van der Waals surface area contributed by atoms with Gasteiger partial charge in [0, 0.05) is 25.7 Å². The van der Waals surface area contributed by atoms with Crippen LogP contribution in [0.15, 0.2) is 47.3 Å². The first-order valence-corrected chi connectivity index (χ1v) is 9.99. The predicted molar refractivity (Wildman–Crippen MR) is 108 cm³/mol. The zero-order valence-corrected chi connectivity index (χ0v) is 16.1. The van der Waals surface area contributed by atoms with E-state index >= 15 is 0 Å². The molecule has 1 aromatic heterocycles. The first-order valence-electron chi connectivity index (χ1n) is 9.99. The summed E-state index contributed by atoms with van der Waals surface area (Å²) in [6.45, 7) is 5.41. The number of rotatable bonds is 3. The van der Waals surface area contributed by atoms with Gasteiger partial charge in [-0.2, -0.15) is 0 Å². The Balaban J connectivity index is 1.25. The molecule has 0 saturated carbocycles. The minimum atomic E-state index is -0.000305. The first kappa shape index (κ1) is 17.4. The number of nitrogens with one attached hydrogen (secondary N) is 1. The number of aromatic nitrogens is 2. The van der Waals surface area contributed by atoms with Crippen molar-refractivity contribution >= 4 is 11.0 Å². The van der Waals surface area contributed by atoms with Gasteiger partial charge < -0.3 is 14.5 Å². The molecule has 2 aromatic carbocycles. The minimum absolute atomic E-state index is 0.000305. The number of benzene rings is 2. The zero-order valence-electron chi connectivity index (χ0n) is 16.1. The Hall–Kier alpha value is -2.73. The molecule has 0 bridgehead atoms. The number of hydrogen-bond acceptors (Lipinski definition) is 4. The average molecular weight is 379 g/mol. The lowest BCUT2D eigenvalue weighted by Gasteiger charge is -2.36. The van der Waals surface area contributed by atoms with Crippen LogP contribution in [0.5, 0.6) is 11.5 Å². The molecular weight excluding hydrogens is 354 g/mol. The van der Waals surface area contributed by atoms with Crippen LogP contribution in [0, 0.1) is 6.92 Å². The topological polar surface area (TPSA) is 59.5 Å². The van der Waals surface area contributed by atoms with Gasteiger partial charge in [0.05, 0.1) is 11.0 Å². The number of nitrogens with zero attached hydrogens (tertiary/aromatic N) is 2. The van der Waals surface area contributed by atoms with E-state index in [1.807, 2.05) is 41.0 Å². The molecule has 1 fully saturated rings. The molecule has 0 aliphatic carbocycles. The lowest BCUT2D eigenvalue weighted by molar-refractivity contribution is 0.0485. The van der Waals surface area contributed by atoms with Crippen molar-refractivity contribution in [2.75, 3.05) is 26.2 Å². The fourth-order valence-electron chi connectivity index (χ4n) is 4.40. The number of aromatic amines is 1. The van der Waals surface area contributed by atoms with E-state index in [0.29, 0.717) is 6.61 Å². The van der Waals surface area contributed by atoms with Crippen LogP contribution >= 0.6 is 0 Å². The maximum Gasteiger partial charge on any atom is 0.326 e. The highest BCUT2D eigenvalue weighted by atomic mass is 16.6. The molecule has 1 unspecified atom stereocenters. The Bertz CT molecular complexity index is 1050. The number of ether oxygens (including phenoxy) is 2. The molecule has 0 spiro atoms. The average Bonchev–Trinajstić information content (AvgIpc) is 3.03. The van der Waals surface area contributed by atoms with Crippen molar-refractivity contribution in [3.8, 4) is 11.5 Å². The van der Waals surface area contributed by atoms with E-state index in [1.165, 1.54) is 5.56 Å². The second-order valence-corrected chi connectivity index (χ2v) is 7.85. The van der Waals surface area contributed by atoms with Crippen molar-refractivity contribution < 1.29 is 9.47 Å². The summed E-state index contributed by atoms with van der Waals surface area (Å²) in [6, 6.07) is 14.2. The van der Waals surface area contributed by atoms with Crippen molar-refractivity contribution in [2.45, 2.75) is 31.9 Å². The summed E-state index contributed by atoms with van der Waals surface area (Å²) < 4.78 is 13.9. The zero-order chi connectivity index (χ0) is 19.1. The smallest absolute Gasteiger partial charge is 0.326 e. The molecule has 1 atom stereocenters. The van der Waals surface area contributed by atoms with E-state index in [9.17, 15) is 4.79 Å². The number of para-hydroxylation sites is 2. The largest absolute Gasteiger partial charge is 0.486 e. The lowest BCUT2D eigenvalue weighted by Crippen LogP contribution is -2.45. The Labute approximate surface area is 163 Å². The summed E-state index contributed by atoms with van der Waals surface area (Å²) in [7, 11) is 0. The molecule has 2 aliphatic rings. The van der Waals surface area contributed by atoms with Crippen molar-refractivity contribution in [3.05, 3.63) is 58.5 Å². The van der Waals surface area contributed by atoms with Gasteiger partial charge in [0.1, 0.15) is 12.7 Å². The fraction of sp³-hybridized carbons (Fsp3) is 0.409. The Morgan fingerprint density at radius 3 is 2.71 bits per heavy atom. The number of imidazole rings is 1. The minimum Gasteiger partial charge on any atom is -0.486 e. The maximum atomic E-state index is 12.5. The highest BCUT2D eigenvalue weighted by Crippen LogP contribution is 2.32. The highest BCUT2D eigenvalue weighted by Gasteiger charge is 2.27. The third-order valence-electron chi connectivity index (χ3n) is 5.82. The van der Waals surface area contributed by atoms with Crippen LogP contribution in [0.1, 0.15) is 24.4 Å². The first-order chi connectivity index (χ1) is 13.7. The van der Waals surface area contributed by atoms with Crippen LogP contribution in [0.2, 0.25) is 0 Å². The molecule has 6 nitrogen and oxygen atoms in total. The van der Waals surface area contributed by atoms with Gasteiger partial charge in [0.25, 0.3) is 0 Å². The van der Waals surface area contributed by atoms with Crippen molar-refractivity contribution in [1.82, 2.24) is 14.5 Å². The van der Waals surface area contributed by atoms with Gasteiger partial charge in [-0.05, 0) is 49.6 Å². The quantitative estimate of drug-likeness (QED) is 0.760. The molecular formula is C22H25N3O3. The van der Waals surface area contributed by atoms with E-state index in [0.717, 1.165) is 55.0 Å². The van der Waals surface area contributed by atoms with Crippen LogP contribution < -0.4 is 15.2 Å². The van der Waals surface area contributed by atoms with Crippen molar-refractivity contribution in [1.29, 1.82) is 0 Å². The van der Waals surface area contributed by atoms with Gasteiger partial charge >= 0.3 is 5.69 Å². The van der Waals surface area contributed by atoms with Crippen LogP contribution in [-0.2, 0) is 0 Å². The van der Waals surface area contributed by atoms with Gasteiger partial charge in [-0.15, -0.1) is 0 Å². The highest BCUT2D eigenvalue weighted by molar-refractivity contribution is 5.76. The monoisotopic (exact) mass is 379 g/mol. The van der Waals surface area contributed by atoms with Gasteiger partial charge in [0.15, 0.2) is 11.5 Å². The Morgan fingerprint density at radius 1 is 1.11 bits per heavy atom. The molecule has 5 rings (SSSR count). The van der Waals surface area contributed by atoms with E-state index < -0.39 is 0 Å². The number of H-pyrrole nitrogens is 1. The van der Waals surface area contributed by atoms with E-state index in [1.54, 1.807) is 0 Å². The van der Waals surface area contributed by atoms with Crippen molar-refractivity contribution in [3.63, 3.8) is 0 Å². The summed E-state index contributed by atoms with van der Waals surface area (Å²) in [4.78, 5) is 17.9. The summed E-state index contributed by atoms with van der Waals surface area (Å²) in [5, 5.41) is 0. The SMILES string of the molecule is Cc1ccc2[nH]c(=O)n(C3CCN(CC4COc5ccccc5O4)CC3)c2c1. The second-order valence-electron chi connectivity index (χ2n) is 7.85. The molecule has 3 heterocycles.